The standard InChI is InChI=1S/C14H18F3NO/c15-14(16,17)12-6-4-11(5-7-12)13(19)9-18-8-10-2-1-3-10/h4-7,10,13,18-19H,1-3,8-9H2. The lowest BCUT2D eigenvalue weighted by Crippen LogP contribution is -2.30. The molecule has 0 aliphatic heterocycles. The fraction of sp³-hybridized carbons (Fsp3) is 0.571. The zero-order valence-corrected chi connectivity index (χ0v) is 10.6. The third kappa shape index (κ3) is 3.94. The summed E-state index contributed by atoms with van der Waals surface area (Å²) in [7, 11) is 0. The molecule has 0 spiro atoms. The minimum atomic E-state index is -4.33. The highest BCUT2D eigenvalue weighted by Crippen LogP contribution is 2.30. The normalized spacial score (nSPS) is 18.1. The molecule has 0 aromatic heterocycles. The average molecular weight is 273 g/mol. The first-order valence-electron chi connectivity index (χ1n) is 6.53. The van der Waals surface area contributed by atoms with Gasteiger partial charge in [0.2, 0.25) is 0 Å². The third-order valence-electron chi connectivity index (χ3n) is 3.62. The van der Waals surface area contributed by atoms with Gasteiger partial charge in [-0.1, -0.05) is 18.6 Å². The van der Waals surface area contributed by atoms with E-state index in [-0.39, 0.29) is 0 Å². The van der Waals surface area contributed by atoms with Gasteiger partial charge in [0.25, 0.3) is 0 Å². The molecule has 1 saturated carbocycles. The van der Waals surface area contributed by atoms with Crippen LogP contribution >= 0.6 is 0 Å². The van der Waals surface area contributed by atoms with Gasteiger partial charge in [-0.2, -0.15) is 13.2 Å². The van der Waals surface area contributed by atoms with Gasteiger partial charge in [-0.3, -0.25) is 0 Å². The van der Waals surface area contributed by atoms with Crippen molar-refractivity contribution in [3.8, 4) is 0 Å². The molecule has 1 aliphatic carbocycles. The number of aliphatic hydroxyl groups is 1. The number of hydrogen-bond acceptors (Lipinski definition) is 2. The van der Waals surface area contributed by atoms with Gasteiger partial charge in [0.05, 0.1) is 11.7 Å². The van der Waals surface area contributed by atoms with E-state index in [4.69, 9.17) is 0 Å². The van der Waals surface area contributed by atoms with Crippen molar-refractivity contribution in [1.29, 1.82) is 0 Å². The molecule has 2 rings (SSSR count). The van der Waals surface area contributed by atoms with Crippen LogP contribution in [0.15, 0.2) is 24.3 Å². The van der Waals surface area contributed by atoms with Crippen molar-refractivity contribution in [2.45, 2.75) is 31.5 Å². The Balaban J connectivity index is 1.82. The fourth-order valence-corrected chi connectivity index (χ4v) is 2.13. The Hall–Kier alpha value is -1.07. The lowest BCUT2D eigenvalue weighted by molar-refractivity contribution is -0.137. The largest absolute Gasteiger partial charge is 0.416 e. The first-order chi connectivity index (χ1) is 8.97. The summed E-state index contributed by atoms with van der Waals surface area (Å²) in [4.78, 5) is 0. The smallest absolute Gasteiger partial charge is 0.387 e. The third-order valence-corrected chi connectivity index (χ3v) is 3.62. The molecule has 1 unspecified atom stereocenters. The van der Waals surface area contributed by atoms with E-state index in [1.54, 1.807) is 0 Å². The topological polar surface area (TPSA) is 32.3 Å². The van der Waals surface area contributed by atoms with E-state index < -0.39 is 17.8 Å². The molecule has 1 aromatic rings. The highest BCUT2D eigenvalue weighted by Gasteiger charge is 2.30. The van der Waals surface area contributed by atoms with Crippen LogP contribution in [0.1, 0.15) is 36.5 Å². The predicted octanol–water partition coefficient (Wildman–Crippen LogP) is 3.13. The van der Waals surface area contributed by atoms with Crippen LogP contribution in [0.4, 0.5) is 13.2 Å². The van der Waals surface area contributed by atoms with Crippen LogP contribution in [0.25, 0.3) is 0 Å². The lowest BCUT2D eigenvalue weighted by atomic mass is 9.85. The Morgan fingerprint density at radius 1 is 1.21 bits per heavy atom. The molecule has 2 N–H and O–H groups in total. The van der Waals surface area contributed by atoms with Crippen molar-refractivity contribution in [2.75, 3.05) is 13.1 Å². The molecule has 0 bridgehead atoms. The van der Waals surface area contributed by atoms with Crippen LogP contribution in [-0.4, -0.2) is 18.2 Å². The highest BCUT2D eigenvalue weighted by atomic mass is 19.4. The number of rotatable bonds is 5. The van der Waals surface area contributed by atoms with E-state index in [1.807, 2.05) is 0 Å². The molecule has 1 atom stereocenters. The molecule has 0 saturated heterocycles. The molecular weight excluding hydrogens is 255 g/mol. The quantitative estimate of drug-likeness (QED) is 0.864. The second kappa shape index (κ2) is 5.92. The van der Waals surface area contributed by atoms with Gasteiger partial charge in [-0.25, -0.2) is 0 Å². The Morgan fingerprint density at radius 2 is 1.84 bits per heavy atom. The van der Waals surface area contributed by atoms with Crippen molar-refractivity contribution < 1.29 is 18.3 Å². The zero-order valence-electron chi connectivity index (χ0n) is 10.6. The van der Waals surface area contributed by atoms with Crippen LogP contribution in [0.5, 0.6) is 0 Å². The minimum absolute atomic E-state index is 0.377. The van der Waals surface area contributed by atoms with E-state index >= 15 is 0 Å². The number of hydrogen-bond donors (Lipinski definition) is 2. The van der Waals surface area contributed by atoms with E-state index in [1.165, 1.54) is 31.4 Å². The maximum Gasteiger partial charge on any atom is 0.416 e. The molecule has 1 fully saturated rings. The lowest BCUT2D eigenvalue weighted by Gasteiger charge is -2.26. The van der Waals surface area contributed by atoms with Crippen LogP contribution in [0.3, 0.4) is 0 Å². The van der Waals surface area contributed by atoms with E-state index in [0.29, 0.717) is 18.0 Å². The van der Waals surface area contributed by atoms with Crippen LogP contribution < -0.4 is 5.32 Å². The second-order valence-electron chi connectivity index (χ2n) is 5.09. The summed E-state index contributed by atoms with van der Waals surface area (Å²) < 4.78 is 37.1. The van der Waals surface area contributed by atoms with Gasteiger partial charge < -0.3 is 10.4 Å². The predicted molar refractivity (Wildman–Crippen MR) is 66.6 cm³/mol. The average Bonchev–Trinajstić information content (AvgIpc) is 2.31. The molecule has 1 aromatic carbocycles. The molecule has 106 valence electrons. The molecule has 0 radical (unpaired) electrons. The second-order valence-corrected chi connectivity index (χ2v) is 5.09. The zero-order chi connectivity index (χ0) is 13.9. The number of aliphatic hydroxyl groups excluding tert-OH is 1. The number of halogens is 3. The fourth-order valence-electron chi connectivity index (χ4n) is 2.13. The van der Waals surface area contributed by atoms with Crippen molar-refractivity contribution in [3.05, 3.63) is 35.4 Å². The van der Waals surface area contributed by atoms with E-state index in [9.17, 15) is 18.3 Å². The molecule has 1 aliphatic rings. The maximum atomic E-state index is 12.4. The highest BCUT2D eigenvalue weighted by molar-refractivity contribution is 5.26. The van der Waals surface area contributed by atoms with Crippen molar-refractivity contribution >= 4 is 0 Å². The summed E-state index contributed by atoms with van der Waals surface area (Å²) in [6, 6.07) is 4.67. The summed E-state index contributed by atoms with van der Waals surface area (Å²) in [5.41, 5.74) is -0.181. The van der Waals surface area contributed by atoms with Gasteiger partial charge in [-0.15, -0.1) is 0 Å². The molecule has 0 heterocycles. The van der Waals surface area contributed by atoms with Gasteiger partial charge in [0.15, 0.2) is 0 Å². The van der Waals surface area contributed by atoms with Crippen molar-refractivity contribution in [2.24, 2.45) is 5.92 Å². The summed E-state index contributed by atoms with van der Waals surface area (Å²) in [6.07, 6.45) is -1.37. The van der Waals surface area contributed by atoms with Crippen molar-refractivity contribution in [1.82, 2.24) is 5.32 Å². The number of nitrogens with one attached hydrogen (secondary N) is 1. The molecule has 5 heteroatoms. The Labute approximate surface area is 110 Å². The van der Waals surface area contributed by atoms with Crippen LogP contribution in [0, 0.1) is 5.92 Å². The number of benzene rings is 1. The van der Waals surface area contributed by atoms with E-state index in [0.717, 1.165) is 18.7 Å². The summed E-state index contributed by atoms with van der Waals surface area (Å²) in [5, 5.41) is 13.0. The van der Waals surface area contributed by atoms with Gasteiger partial charge in [0.1, 0.15) is 0 Å². The van der Waals surface area contributed by atoms with Gasteiger partial charge >= 0.3 is 6.18 Å². The Kier molecular flexibility index (Phi) is 4.47. The molecule has 0 amide bonds. The molecule has 2 nitrogen and oxygen atoms in total. The number of alkyl halides is 3. The Bertz CT molecular complexity index is 398. The molecular formula is C14H18F3NO. The summed E-state index contributed by atoms with van der Waals surface area (Å²) >= 11 is 0. The Morgan fingerprint density at radius 3 is 2.32 bits per heavy atom. The van der Waals surface area contributed by atoms with E-state index in [2.05, 4.69) is 5.32 Å². The van der Waals surface area contributed by atoms with Gasteiger partial charge in [0, 0.05) is 6.54 Å². The van der Waals surface area contributed by atoms with Crippen molar-refractivity contribution in [3.63, 3.8) is 0 Å². The SMILES string of the molecule is OC(CNCC1CCC1)c1ccc(C(F)(F)F)cc1. The first kappa shape index (κ1) is 14.3. The summed E-state index contributed by atoms with van der Waals surface area (Å²) in [6.45, 7) is 1.25. The minimum Gasteiger partial charge on any atom is -0.387 e. The summed E-state index contributed by atoms with van der Waals surface area (Å²) in [5.74, 6) is 0.694. The maximum absolute atomic E-state index is 12.4. The molecule has 19 heavy (non-hydrogen) atoms. The monoisotopic (exact) mass is 273 g/mol. The van der Waals surface area contributed by atoms with Crippen LogP contribution in [-0.2, 0) is 6.18 Å². The van der Waals surface area contributed by atoms with Crippen LogP contribution in [0.2, 0.25) is 0 Å². The first-order valence-corrected chi connectivity index (χ1v) is 6.53. The van der Waals surface area contributed by atoms with Gasteiger partial charge in [-0.05, 0) is 43.0 Å².